The van der Waals surface area contributed by atoms with Crippen LogP contribution in [0, 0.1) is 0 Å². The van der Waals surface area contributed by atoms with E-state index in [0.29, 0.717) is 0 Å². The zero-order valence-corrected chi connectivity index (χ0v) is 4.84. The van der Waals surface area contributed by atoms with Gasteiger partial charge in [-0.25, -0.2) is 4.79 Å². The van der Waals surface area contributed by atoms with Crippen molar-refractivity contribution in [1.82, 2.24) is 0 Å². The van der Waals surface area contributed by atoms with Crippen LogP contribution in [0.2, 0.25) is 0 Å². The van der Waals surface area contributed by atoms with E-state index in [1.807, 2.05) is 0 Å². The summed E-state index contributed by atoms with van der Waals surface area (Å²) in [7, 11) is 0. The van der Waals surface area contributed by atoms with Gasteiger partial charge in [0.15, 0.2) is 17.4 Å². The van der Waals surface area contributed by atoms with Gasteiger partial charge in [0.1, 0.15) is 11.9 Å². The Bertz CT molecular complexity index is 103. The van der Waals surface area contributed by atoms with E-state index < -0.39 is 11.8 Å². The summed E-state index contributed by atoms with van der Waals surface area (Å²) in [5.74, 6) is -3.78. The average Bonchev–Trinajstić information content (AvgIpc) is 1.62. The van der Waals surface area contributed by atoms with E-state index in [9.17, 15) is 4.79 Å². The van der Waals surface area contributed by atoms with Crippen LogP contribution in [0.5, 0.6) is 0 Å². The second-order valence-corrected chi connectivity index (χ2v) is 1.54. The molecule has 0 bridgehead atoms. The second kappa shape index (κ2) is 6.89. The summed E-state index contributed by atoms with van der Waals surface area (Å²) < 4.78 is 3.45. The number of carbonyl (C=O) groups excluding carboxylic acids is 1. The fourth-order valence-corrected chi connectivity index (χ4v) is 0.219. The van der Waals surface area contributed by atoms with E-state index in [-0.39, 0.29) is 46.9 Å². The zero-order valence-electron chi connectivity index (χ0n) is 4.09. The number of aliphatic hydroxyl groups is 2. The zero-order chi connectivity index (χ0) is 6.78. The first-order chi connectivity index (χ1) is 3.48. The van der Waals surface area contributed by atoms with Gasteiger partial charge >= 0.3 is 35.5 Å². The van der Waals surface area contributed by atoms with Gasteiger partial charge in [0.2, 0.25) is 0 Å². The molecule has 0 spiro atoms. The molecule has 0 aromatic rings. The van der Waals surface area contributed by atoms with Crippen molar-refractivity contribution in [3.8, 4) is 0 Å². The number of rotatable bonds is 1. The van der Waals surface area contributed by atoms with Crippen molar-refractivity contribution in [2.75, 3.05) is 0 Å². The predicted octanol–water partition coefficient (Wildman–Crippen LogP) is -2.45. The molecular weight excluding hydrogens is 185 g/mol. The first-order valence-electron chi connectivity index (χ1n) is 1.76. The van der Waals surface area contributed by atoms with E-state index >= 15 is 0 Å². The average molecular weight is 195 g/mol. The van der Waals surface area contributed by atoms with Gasteiger partial charge in [-0.3, -0.25) is 0 Å². The van der Waals surface area contributed by atoms with Crippen LogP contribution in [-0.4, -0.2) is 68.9 Å². The quantitative estimate of drug-likeness (QED) is 0.359. The van der Waals surface area contributed by atoms with E-state index in [0.717, 1.165) is 6.92 Å². The number of hydrogen-bond donors (Lipinski definition) is 2. The molecule has 0 rings (SSSR count). The molecule has 0 amide bonds. The van der Waals surface area contributed by atoms with E-state index in [2.05, 4.69) is 16.2 Å². The summed E-state index contributed by atoms with van der Waals surface area (Å²) in [6.45, 7) is 0.845. The Morgan fingerprint density at radius 1 is 1.60 bits per heavy atom. The summed E-state index contributed by atoms with van der Waals surface area (Å²) in [5, 5.41) is 16.6. The van der Waals surface area contributed by atoms with Crippen LogP contribution in [0.25, 0.3) is 0 Å². The molecule has 0 atom stereocenters. The molecule has 0 aliphatic rings. The fourth-order valence-electron chi connectivity index (χ4n) is 0.0731. The monoisotopic (exact) mass is 194 g/mol. The molecule has 0 fully saturated rings. The molecule has 0 aromatic heterocycles. The number of halogens is 1. The Hall–Kier alpha value is 1.21. The van der Waals surface area contributed by atoms with Crippen molar-refractivity contribution < 1.29 is 19.3 Å². The molecule has 7 heteroatoms. The first-order valence-corrected chi connectivity index (χ1v) is 2.07. The Kier molecular flexibility index (Phi) is 12.0. The molecule has 56 valence electrons. The molecule has 0 aliphatic carbocycles. The van der Waals surface area contributed by atoms with E-state index in [1.54, 1.807) is 0 Å². The number of hydrogen-bond acceptors (Lipinski definition) is 4. The van der Waals surface area contributed by atoms with E-state index in [1.165, 1.54) is 0 Å². The van der Waals surface area contributed by atoms with Gasteiger partial charge in [-0.2, -0.15) is 0 Å². The summed E-state index contributed by atoms with van der Waals surface area (Å²) in [6.07, 6.45) is 0. The molecule has 0 saturated carbocycles. The van der Waals surface area contributed by atoms with Crippen LogP contribution >= 0.6 is 11.9 Å². The molecule has 2 N–H and O–H groups in total. The first kappa shape index (κ1) is 17.3. The summed E-state index contributed by atoms with van der Waals surface area (Å²) in [6, 6.07) is 0. The maximum absolute atomic E-state index is 9.98. The van der Waals surface area contributed by atoms with Gasteiger partial charge in [0.05, 0.1) is 0 Å². The van der Waals surface area contributed by atoms with Crippen LogP contribution in [0.15, 0.2) is 0 Å². The van der Waals surface area contributed by atoms with Crippen molar-refractivity contribution in [1.29, 1.82) is 0 Å². The van der Waals surface area contributed by atoms with Crippen LogP contribution in [0.4, 0.5) is 0 Å². The molecule has 4 nitrogen and oxygen atoms in total. The molecule has 0 saturated heterocycles. The standard InChI is InChI=1S/C3H5ClO4.Al.Na.4H/c1-3(6,7)2(5)8-4;;;;;;/h6-7H,1H3;;;;;;. The SMILES string of the molecule is CC(O)(O)C(=O)OCl.[AlH3].[NaH]. The van der Waals surface area contributed by atoms with Crippen LogP contribution < -0.4 is 0 Å². The minimum atomic E-state index is -2.48. The van der Waals surface area contributed by atoms with Crippen LogP contribution in [-0.2, 0) is 9.08 Å². The number of carbonyl (C=O) groups is 1. The topological polar surface area (TPSA) is 66.8 Å². The van der Waals surface area contributed by atoms with Gasteiger partial charge in [0.25, 0.3) is 5.79 Å². The van der Waals surface area contributed by atoms with E-state index in [4.69, 9.17) is 10.2 Å². The molecule has 0 aromatic carbocycles. The van der Waals surface area contributed by atoms with Gasteiger partial charge in [-0.15, -0.1) is 0 Å². The summed E-state index contributed by atoms with van der Waals surface area (Å²) >= 11 is 4.47. The Balaban J connectivity index is -0.000000245. The van der Waals surface area contributed by atoms with Crippen molar-refractivity contribution in [3.63, 3.8) is 0 Å². The predicted molar refractivity (Wildman–Crippen MR) is 41.9 cm³/mol. The Morgan fingerprint density at radius 2 is 1.90 bits per heavy atom. The van der Waals surface area contributed by atoms with Crippen molar-refractivity contribution in [3.05, 3.63) is 0 Å². The third-order valence-electron chi connectivity index (χ3n) is 0.457. The van der Waals surface area contributed by atoms with Gasteiger partial charge in [0, 0.05) is 6.92 Å². The molecule has 0 heterocycles. The van der Waals surface area contributed by atoms with Gasteiger partial charge < -0.3 is 14.5 Å². The Morgan fingerprint density at radius 3 is 1.90 bits per heavy atom. The minimum absolute atomic E-state index is 0. The Labute approximate surface area is 96.1 Å². The fraction of sp³-hybridized carbons (Fsp3) is 0.667. The van der Waals surface area contributed by atoms with Crippen molar-refractivity contribution in [2.45, 2.75) is 12.7 Å². The second-order valence-electron chi connectivity index (χ2n) is 1.39. The molecular formula is C3H9AlClNaO4. The maximum atomic E-state index is 9.98. The molecule has 0 radical (unpaired) electrons. The molecule has 0 aliphatic heterocycles. The normalized spacial score (nSPS) is 8.80. The summed E-state index contributed by atoms with van der Waals surface area (Å²) in [5.41, 5.74) is 0. The van der Waals surface area contributed by atoms with Gasteiger partial charge in [-0.1, -0.05) is 0 Å². The van der Waals surface area contributed by atoms with Crippen LogP contribution in [0.1, 0.15) is 6.92 Å². The third kappa shape index (κ3) is 7.32. The van der Waals surface area contributed by atoms with Crippen molar-refractivity contribution in [2.24, 2.45) is 0 Å². The molecule has 10 heavy (non-hydrogen) atoms. The summed E-state index contributed by atoms with van der Waals surface area (Å²) in [4.78, 5) is 9.98. The molecule has 0 unspecified atom stereocenters. The van der Waals surface area contributed by atoms with Gasteiger partial charge in [-0.05, 0) is 0 Å². The van der Waals surface area contributed by atoms with Crippen molar-refractivity contribution >= 4 is 64.8 Å². The van der Waals surface area contributed by atoms with Crippen LogP contribution in [0.3, 0.4) is 0 Å². The third-order valence-corrected chi connectivity index (χ3v) is 0.597.